The Balaban J connectivity index is 4.66. The summed E-state index contributed by atoms with van der Waals surface area (Å²) in [6.07, 6.45) is 38.0. The Morgan fingerprint density at radius 3 is 1.90 bits per heavy atom. The molecule has 2 atom stereocenters. The van der Waals surface area contributed by atoms with Gasteiger partial charge in [-0.2, -0.15) is 0 Å². The first kappa shape index (κ1) is 46.2. The van der Waals surface area contributed by atoms with Gasteiger partial charge in [0.25, 0.3) is 0 Å². The number of unbranched alkanes of at least 4 members (excludes halogenated alkanes) is 6. The van der Waals surface area contributed by atoms with Gasteiger partial charge in [-0.15, -0.1) is 0 Å². The number of carbonyl (C=O) groups is 2. The van der Waals surface area contributed by atoms with Crippen molar-refractivity contribution in [2.75, 3.05) is 47.5 Å². The average Bonchev–Trinajstić information content (AvgIpc) is 3.04. The number of esters is 2. The Labute approximate surface area is 297 Å². The second-order valence-electron chi connectivity index (χ2n) is 12.6. The molecule has 9 nitrogen and oxygen atoms in total. The van der Waals surface area contributed by atoms with E-state index in [1.165, 1.54) is 0 Å². The molecule has 0 aromatic carbocycles. The van der Waals surface area contributed by atoms with E-state index in [1.807, 2.05) is 75.8 Å². The molecule has 0 radical (unpaired) electrons. The monoisotopic (exact) mass is 706 g/mol. The van der Waals surface area contributed by atoms with Gasteiger partial charge in [0.05, 0.1) is 27.7 Å². The Hall–Kier alpha value is -2.81. The molecule has 0 aromatic heterocycles. The topological polar surface area (TPSA) is 108 Å². The lowest BCUT2D eigenvalue weighted by molar-refractivity contribution is -0.870. The van der Waals surface area contributed by atoms with Crippen LogP contribution in [0.2, 0.25) is 0 Å². The molecule has 0 aliphatic heterocycles. The van der Waals surface area contributed by atoms with Crippen LogP contribution < -0.4 is 0 Å². The molecular weight excluding hydrogens is 641 g/mol. The third-order valence-corrected chi connectivity index (χ3v) is 7.78. The number of quaternary nitrogens is 1. The van der Waals surface area contributed by atoms with Crippen molar-refractivity contribution in [1.82, 2.24) is 0 Å². The number of phosphoric acid groups is 1. The summed E-state index contributed by atoms with van der Waals surface area (Å²) in [6.45, 7) is 4.01. The highest BCUT2D eigenvalue weighted by molar-refractivity contribution is 7.47. The van der Waals surface area contributed by atoms with Crippen LogP contribution in [0.15, 0.2) is 85.1 Å². The minimum atomic E-state index is -4.39. The van der Waals surface area contributed by atoms with Crippen molar-refractivity contribution in [1.29, 1.82) is 0 Å². The van der Waals surface area contributed by atoms with Crippen molar-refractivity contribution in [3.63, 3.8) is 0 Å². The summed E-state index contributed by atoms with van der Waals surface area (Å²) >= 11 is 0. The number of likely N-dealkylation sites (N-methyl/N-ethyl adjacent to an activating group) is 1. The van der Waals surface area contributed by atoms with Crippen LogP contribution in [0.4, 0.5) is 0 Å². The predicted octanol–water partition coefficient (Wildman–Crippen LogP) is 9.29. The molecule has 1 N–H and O–H groups in total. The normalized spacial score (nSPS) is 14.8. The number of nitrogens with zero attached hydrogens (tertiary/aromatic N) is 1. The van der Waals surface area contributed by atoms with E-state index in [0.717, 1.165) is 51.4 Å². The molecule has 49 heavy (non-hydrogen) atoms. The molecule has 0 aliphatic carbocycles. The van der Waals surface area contributed by atoms with Crippen LogP contribution in [-0.2, 0) is 32.7 Å². The summed E-state index contributed by atoms with van der Waals surface area (Å²) in [7, 11) is 1.40. The predicted molar refractivity (Wildman–Crippen MR) is 201 cm³/mol. The molecule has 2 unspecified atom stereocenters. The molecule has 0 aliphatic rings. The van der Waals surface area contributed by atoms with Crippen molar-refractivity contribution in [2.24, 2.45) is 0 Å². The number of allylic oxidation sites excluding steroid dienone is 14. The molecule has 0 amide bonds. The van der Waals surface area contributed by atoms with Gasteiger partial charge in [0.1, 0.15) is 19.8 Å². The Kier molecular flexibility index (Phi) is 29.4. The van der Waals surface area contributed by atoms with Gasteiger partial charge in [-0.25, -0.2) is 4.57 Å². The van der Waals surface area contributed by atoms with E-state index in [9.17, 15) is 19.0 Å². The van der Waals surface area contributed by atoms with Gasteiger partial charge in [0.15, 0.2) is 6.10 Å². The van der Waals surface area contributed by atoms with Crippen LogP contribution in [0.1, 0.15) is 97.3 Å². The van der Waals surface area contributed by atoms with Crippen LogP contribution in [0.25, 0.3) is 0 Å². The highest BCUT2D eigenvalue weighted by Crippen LogP contribution is 2.43. The van der Waals surface area contributed by atoms with Crippen LogP contribution in [0.5, 0.6) is 0 Å². The van der Waals surface area contributed by atoms with Gasteiger partial charge in [-0.1, -0.05) is 118 Å². The van der Waals surface area contributed by atoms with Crippen molar-refractivity contribution >= 4 is 19.8 Å². The van der Waals surface area contributed by atoms with E-state index in [0.29, 0.717) is 30.3 Å². The number of carbonyl (C=O) groups excluding carboxylic acids is 2. The van der Waals surface area contributed by atoms with Gasteiger partial charge in [0, 0.05) is 12.8 Å². The van der Waals surface area contributed by atoms with Gasteiger partial charge in [0.2, 0.25) is 0 Å². The van der Waals surface area contributed by atoms with Gasteiger partial charge in [-0.05, 0) is 51.4 Å². The Morgan fingerprint density at radius 1 is 0.653 bits per heavy atom. The zero-order valence-corrected chi connectivity index (χ0v) is 31.8. The van der Waals surface area contributed by atoms with E-state index in [1.54, 1.807) is 0 Å². The second kappa shape index (κ2) is 31.2. The Morgan fingerprint density at radius 2 is 1.22 bits per heavy atom. The first-order valence-corrected chi connectivity index (χ1v) is 19.4. The molecule has 10 heteroatoms. The number of hydrogen-bond acceptors (Lipinski definition) is 7. The zero-order valence-electron chi connectivity index (χ0n) is 30.9. The molecule has 0 spiro atoms. The SMILES string of the molecule is CC/C=C/C=C/C=C/C=C/C=C/CCCC(=O)OC(COC(=O)CCCCCCC/C=C/C/C=C/CC)COP(=O)(O)OCC[N+](C)(C)C. The summed E-state index contributed by atoms with van der Waals surface area (Å²) in [5, 5.41) is 0. The standard InChI is InChI=1S/C39H64NO8P/c1-6-8-10-12-14-16-18-20-22-24-26-28-30-32-39(42)48-37(36-47-49(43,44)46-34-33-40(3,4)5)35-45-38(41)31-29-27-25-23-21-19-17-15-13-11-9-7-2/h8-12,14-18,20,22,24,26,37H,6-7,13,19,21,23,25,27-36H2,1-5H3/p+1/b10-8+,11-9+,14-12+,17-15+,18-16+,22-20+,26-24+. The lowest BCUT2D eigenvalue weighted by atomic mass is 10.1. The maximum atomic E-state index is 12.6. The van der Waals surface area contributed by atoms with E-state index in [2.05, 4.69) is 44.2 Å². The van der Waals surface area contributed by atoms with Crippen molar-refractivity contribution in [3.05, 3.63) is 85.1 Å². The van der Waals surface area contributed by atoms with Crippen LogP contribution in [-0.4, -0.2) is 74.9 Å². The van der Waals surface area contributed by atoms with Gasteiger partial charge >= 0.3 is 19.8 Å². The van der Waals surface area contributed by atoms with Crippen LogP contribution in [0.3, 0.4) is 0 Å². The largest absolute Gasteiger partial charge is 0.472 e. The molecule has 0 rings (SSSR count). The van der Waals surface area contributed by atoms with E-state index < -0.39 is 32.5 Å². The minimum Gasteiger partial charge on any atom is -0.462 e. The zero-order chi connectivity index (χ0) is 36.5. The lowest BCUT2D eigenvalue weighted by Crippen LogP contribution is -2.37. The van der Waals surface area contributed by atoms with Gasteiger partial charge in [-0.3, -0.25) is 18.6 Å². The molecule has 278 valence electrons. The fraction of sp³-hybridized carbons (Fsp3) is 0.590. The summed E-state index contributed by atoms with van der Waals surface area (Å²) in [6, 6.07) is 0. The maximum absolute atomic E-state index is 12.6. The molecule has 0 saturated heterocycles. The number of hydrogen-bond donors (Lipinski definition) is 1. The molecule has 0 fully saturated rings. The van der Waals surface area contributed by atoms with E-state index >= 15 is 0 Å². The number of rotatable bonds is 30. The summed E-state index contributed by atoms with van der Waals surface area (Å²) in [5.74, 6) is -0.917. The molecular formula is C39H65NO8P+. The fourth-order valence-electron chi connectivity index (χ4n) is 4.02. The smallest absolute Gasteiger partial charge is 0.462 e. The lowest BCUT2D eigenvalue weighted by Gasteiger charge is -2.24. The number of ether oxygens (including phenoxy) is 2. The van der Waals surface area contributed by atoms with Gasteiger partial charge < -0.3 is 18.9 Å². The molecule has 0 aromatic rings. The summed E-state index contributed by atoms with van der Waals surface area (Å²) in [4.78, 5) is 35.1. The minimum absolute atomic E-state index is 0.0107. The van der Waals surface area contributed by atoms with Crippen molar-refractivity contribution in [2.45, 2.75) is 103 Å². The quantitative estimate of drug-likeness (QED) is 0.0197. The third kappa shape index (κ3) is 34.8. The first-order chi connectivity index (χ1) is 23.5. The maximum Gasteiger partial charge on any atom is 0.472 e. The van der Waals surface area contributed by atoms with Crippen LogP contribution in [0, 0.1) is 0 Å². The number of phosphoric ester groups is 1. The van der Waals surface area contributed by atoms with E-state index in [4.69, 9.17) is 18.5 Å². The average molecular weight is 707 g/mol. The summed E-state index contributed by atoms with van der Waals surface area (Å²) < 4.78 is 34.0. The fourth-order valence-corrected chi connectivity index (χ4v) is 4.76. The molecule has 0 saturated carbocycles. The van der Waals surface area contributed by atoms with Crippen molar-refractivity contribution in [3.8, 4) is 0 Å². The first-order valence-electron chi connectivity index (χ1n) is 17.9. The summed E-state index contributed by atoms with van der Waals surface area (Å²) in [5.41, 5.74) is 0. The van der Waals surface area contributed by atoms with Crippen LogP contribution >= 0.6 is 7.82 Å². The highest BCUT2D eigenvalue weighted by Gasteiger charge is 2.27. The second-order valence-corrected chi connectivity index (χ2v) is 14.1. The van der Waals surface area contributed by atoms with E-state index in [-0.39, 0.29) is 26.1 Å². The third-order valence-electron chi connectivity index (χ3n) is 6.80. The molecule has 0 heterocycles. The molecule has 0 bridgehead atoms. The van der Waals surface area contributed by atoms with Crippen molar-refractivity contribution < 1.29 is 42.1 Å². The Bertz CT molecular complexity index is 1110. The highest BCUT2D eigenvalue weighted by atomic mass is 31.2.